The van der Waals surface area contributed by atoms with E-state index in [4.69, 9.17) is 4.74 Å². The van der Waals surface area contributed by atoms with Crippen LogP contribution in [0.1, 0.15) is 48.8 Å². The molecule has 12 nitrogen and oxygen atoms in total. The zero-order valence-corrected chi connectivity index (χ0v) is 20.5. The van der Waals surface area contributed by atoms with Gasteiger partial charge in [0.2, 0.25) is 23.6 Å². The molecule has 0 bridgehead atoms. The summed E-state index contributed by atoms with van der Waals surface area (Å²) in [6.45, 7) is 2.34. The number of H-pyrrole nitrogens is 1. The lowest BCUT2D eigenvalue weighted by molar-refractivity contribution is -0.135. The minimum absolute atomic E-state index is 0.140. The summed E-state index contributed by atoms with van der Waals surface area (Å²) in [5.41, 5.74) is 0.769. The Morgan fingerprint density at radius 1 is 0.946 bits per heavy atom. The van der Waals surface area contributed by atoms with Crippen LogP contribution in [-0.4, -0.2) is 70.5 Å². The van der Waals surface area contributed by atoms with Crippen LogP contribution in [0.3, 0.4) is 0 Å². The minimum Gasteiger partial charge on any atom is -0.455 e. The molecule has 1 aromatic carbocycles. The molecule has 5 unspecified atom stereocenters. The molecule has 37 heavy (non-hydrogen) atoms. The van der Waals surface area contributed by atoms with Crippen LogP contribution in [0, 0.1) is 0 Å². The maximum Gasteiger partial charge on any atom is 0.355 e. The fourth-order valence-corrected chi connectivity index (χ4v) is 3.86. The predicted octanol–water partition coefficient (Wildman–Crippen LogP) is -0.322. The van der Waals surface area contributed by atoms with Crippen LogP contribution in [0.4, 0.5) is 0 Å². The predicted molar refractivity (Wildman–Crippen MR) is 131 cm³/mol. The molecule has 0 aliphatic carbocycles. The first-order valence-corrected chi connectivity index (χ1v) is 11.9. The maximum absolute atomic E-state index is 13.2. The number of hydrogen-bond acceptors (Lipinski definition) is 7. The Labute approximate surface area is 213 Å². The van der Waals surface area contributed by atoms with E-state index in [1.165, 1.54) is 19.2 Å². The molecular formula is C25H31N5O7. The highest BCUT2D eigenvalue weighted by Gasteiger charge is 2.36. The van der Waals surface area contributed by atoms with Gasteiger partial charge in [0.05, 0.1) is 19.1 Å². The first kappa shape index (κ1) is 27.4. The van der Waals surface area contributed by atoms with Crippen molar-refractivity contribution in [2.75, 3.05) is 6.61 Å². The summed E-state index contributed by atoms with van der Waals surface area (Å²) < 4.78 is 5.37. The van der Waals surface area contributed by atoms with Gasteiger partial charge in [0, 0.05) is 6.20 Å². The van der Waals surface area contributed by atoms with Crippen LogP contribution in [0.2, 0.25) is 0 Å². The zero-order valence-electron chi connectivity index (χ0n) is 20.5. The number of aromatic nitrogens is 1. The van der Waals surface area contributed by atoms with Crippen molar-refractivity contribution in [1.82, 2.24) is 26.3 Å². The van der Waals surface area contributed by atoms with Gasteiger partial charge in [-0.25, -0.2) is 4.79 Å². The summed E-state index contributed by atoms with van der Waals surface area (Å²) >= 11 is 0. The molecule has 12 heteroatoms. The van der Waals surface area contributed by atoms with Gasteiger partial charge in [-0.1, -0.05) is 37.3 Å². The Kier molecular flexibility index (Phi) is 9.39. The number of aromatic amines is 1. The normalized spacial score (nSPS) is 24.2. The highest BCUT2D eigenvalue weighted by Crippen LogP contribution is 2.17. The number of aliphatic hydroxyl groups excluding tert-OH is 1. The molecule has 0 saturated carbocycles. The topological polar surface area (TPSA) is 179 Å². The number of hydrogen-bond donors (Lipinski definition) is 6. The van der Waals surface area contributed by atoms with Crippen molar-refractivity contribution in [1.29, 1.82) is 0 Å². The highest BCUT2D eigenvalue weighted by atomic mass is 16.5. The second-order valence-corrected chi connectivity index (χ2v) is 8.63. The Bertz CT molecular complexity index is 1110. The number of carbonyl (C=O) groups is 5. The van der Waals surface area contributed by atoms with Gasteiger partial charge in [0.15, 0.2) is 0 Å². The molecule has 3 rings (SSSR count). The quantitative estimate of drug-likeness (QED) is 0.286. The van der Waals surface area contributed by atoms with Crippen LogP contribution < -0.4 is 21.3 Å². The van der Waals surface area contributed by atoms with E-state index in [1.54, 1.807) is 43.3 Å². The van der Waals surface area contributed by atoms with Gasteiger partial charge >= 0.3 is 5.97 Å². The number of rotatable bonds is 6. The molecule has 2 heterocycles. The Balaban J connectivity index is 1.90. The van der Waals surface area contributed by atoms with Crippen molar-refractivity contribution < 1.29 is 33.8 Å². The average molecular weight is 514 g/mol. The van der Waals surface area contributed by atoms with E-state index < -0.39 is 66.5 Å². The molecule has 1 aromatic heterocycles. The molecule has 2 aromatic rings. The lowest BCUT2D eigenvalue weighted by Gasteiger charge is -2.27. The Hall–Kier alpha value is -4.19. The van der Waals surface area contributed by atoms with E-state index in [9.17, 15) is 29.1 Å². The third-order valence-corrected chi connectivity index (χ3v) is 5.94. The summed E-state index contributed by atoms with van der Waals surface area (Å²) in [6.07, 6.45) is 0.386. The Morgan fingerprint density at radius 2 is 1.65 bits per heavy atom. The van der Waals surface area contributed by atoms with E-state index in [-0.39, 0.29) is 18.5 Å². The van der Waals surface area contributed by atoms with Crippen molar-refractivity contribution in [3.63, 3.8) is 0 Å². The van der Waals surface area contributed by atoms with Crippen LogP contribution in [0.25, 0.3) is 0 Å². The smallest absolute Gasteiger partial charge is 0.355 e. The lowest BCUT2D eigenvalue weighted by Crippen LogP contribution is -2.60. The molecule has 1 fully saturated rings. The van der Waals surface area contributed by atoms with Crippen LogP contribution in [0.15, 0.2) is 48.7 Å². The van der Waals surface area contributed by atoms with Gasteiger partial charge in [0.25, 0.3) is 0 Å². The van der Waals surface area contributed by atoms with Crippen molar-refractivity contribution in [2.45, 2.75) is 57.0 Å². The SMILES string of the molecule is CCC1NC(=O)CC(c2ccccc2)NC(=O)C(CO)NC(=O)C(C(C)OC(=O)c2ccc[nH]2)NC1=O. The van der Waals surface area contributed by atoms with Gasteiger partial charge in [-0.05, 0) is 31.0 Å². The van der Waals surface area contributed by atoms with Crippen LogP contribution >= 0.6 is 0 Å². The van der Waals surface area contributed by atoms with Crippen molar-refractivity contribution >= 4 is 29.6 Å². The number of carbonyl (C=O) groups excluding carboxylic acids is 5. The number of nitrogens with one attached hydrogen (secondary N) is 5. The second-order valence-electron chi connectivity index (χ2n) is 8.63. The molecule has 6 N–H and O–H groups in total. The molecule has 1 aliphatic rings. The molecule has 198 valence electrons. The summed E-state index contributed by atoms with van der Waals surface area (Å²) in [6, 6.07) is 7.21. The molecule has 4 amide bonds. The van der Waals surface area contributed by atoms with E-state index in [2.05, 4.69) is 26.3 Å². The highest BCUT2D eigenvalue weighted by molar-refractivity contribution is 5.96. The number of aliphatic hydroxyl groups is 1. The number of esters is 1. The van der Waals surface area contributed by atoms with Crippen LogP contribution in [-0.2, 0) is 23.9 Å². The standard InChI is InChI=1S/C25H31N5O7/c1-3-16-22(33)30-21(14(2)37-25(36)17-10-7-11-26-17)24(35)29-19(13-31)23(34)28-18(12-20(32)27-16)15-8-5-4-6-9-15/h4-11,14,16,18-19,21,26,31H,3,12-13H2,1-2H3,(H,27,32)(H,28,34)(H,29,35)(H,30,33). The molecule has 0 spiro atoms. The Morgan fingerprint density at radius 3 is 2.27 bits per heavy atom. The number of ether oxygens (including phenoxy) is 1. The van der Waals surface area contributed by atoms with Crippen molar-refractivity contribution in [3.05, 3.63) is 59.9 Å². The van der Waals surface area contributed by atoms with Gasteiger partial charge in [-0.15, -0.1) is 0 Å². The van der Waals surface area contributed by atoms with Gasteiger partial charge in [-0.3, -0.25) is 19.2 Å². The van der Waals surface area contributed by atoms with Crippen LogP contribution in [0.5, 0.6) is 0 Å². The third-order valence-electron chi connectivity index (χ3n) is 5.94. The van der Waals surface area contributed by atoms with E-state index in [1.807, 2.05) is 0 Å². The summed E-state index contributed by atoms with van der Waals surface area (Å²) in [7, 11) is 0. The van der Waals surface area contributed by atoms with Gasteiger partial charge in [0.1, 0.15) is 29.9 Å². The summed E-state index contributed by atoms with van der Waals surface area (Å²) in [5, 5.41) is 20.1. The summed E-state index contributed by atoms with van der Waals surface area (Å²) in [4.78, 5) is 67.2. The zero-order chi connectivity index (χ0) is 26.9. The largest absolute Gasteiger partial charge is 0.455 e. The van der Waals surface area contributed by atoms with Gasteiger partial charge in [-0.2, -0.15) is 0 Å². The molecule has 1 aliphatic heterocycles. The van der Waals surface area contributed by atoms with E-state index in [0.717, 1.165) is 0 Å². The third kappa shape index (κ3) is 7.17. The fraction of sp³-hybridized carbons (Fsp3) is 0.400. The minimum atomic E-state index is -1.43. The first-order valence-electron chi connectivity index (χ1n) is 11.9. The van der Waals surface area contributed by atoms with Gasteiger partial charge < -0.3 is 36.1 Å². The van der Waals surface area contributed by atoms with E-state index in [0.29, 0.717) is 5.56 Å². The van der Waals surface area contributed by atoms with Crippen molar-refractivity contribution in [3.8, 4) is 0 Å². The molecular weight excluding hydrogens is 482 g/mol. The summed E-state index contributed by atoms with van der Waals surface area (Å²) in [5.74, 6) is -3.52. The van der Waals surface area contributed by atoms with E-state index >= 15 is 0 Å². The fourth-order valence-electron chi connectivity index (χ4n) is 3.86. The number of amides is 4. The second kappa shape index (κ2) is 12.7. The maximum atomic E-state index is 13.2. The van der Waals surface area contributed by atoms with Crippen molar-refractivity contribution in [2.24, 2.45) is 0 Å². The number of benzene rings is 1. The average Bonchev–Trinajstić information content (AvgIpc) is 3.43. The molecule has 0 radical (unpaired) electrons. The monoisotopic (exact) mass is 513 g/mol. The molecule has 5 atom stereocenters. The first-order chi connectivity index (χ1) is 17.7. The molecule has 1 saturated heterocycles. The lowest BCUT2D eigenvalue weighted by atomic mass is 10.0.